The van der Waals surface area contributed by atoms with Crippen molar-refractivity contribution in [1.82, 2.24) is 0 Å². The summed E-state index contributed by atoms with van der Waals surface area (Å²) in [4.78, 5) is 12.2. The van der Waals surface area contributed by atoms with Gasteiger partial charge in [-0.1, -0.05) is 6.07 Å². The molecule has 3 rings (SSSR count). The van der Waals surface area contributed by atoms with Crippen molar-refractivity contribution in [2.24, 2.45) is 0 Å². The van der Waals surface area contributed by atoms with E-state index in [9.17, 15) is 9.18 Å². The van der Waals surface area contributed by atoms with E-state index in [0.29, 0.717) is 19.6 Å². The second-order valence-electron chi connectivity index (χ2n) is 5.51. The molecule has 2 fully saturated rings. The maximum Gasteiger partial charge on any atom is 0.338 e. The molecule has 0 aromatic heterocycles. The van der Waals surface area contributed by atoms with E-state index in [-0.39, 0.29) is 5.56 Å². The zero-order chi connectivity index (χ0) is 14.7. The molecule has 2 aliphatic heterocycles. The first-order valence-electron chi connectivity index (χ1n) is 7.44. The van der Waals surface area contributed by atoms with Gasteiger partial charge in [-0.2, -0.15) is 0 Å². The van der Waals surface area contributed by atoms with Crippen LogP contribution >= 0.6 is 0 Å². The molecule has 4 nitrogen and oxygen atoms in total. The van der Waals surface area contributed by atoms with Gasteiger partial charge in [0.1, 0.15) is 5.82 Å². The van der Waals surface area contributed by atoms with E-state index in [4.69, 9.17) is 14.2 Å². The van der Waals surface area contributed by atoms with E-state index in [1.54, 1.807) is 6.07 Å². The Labute approximate surface area is 123 Å². The molecule has 2 saturated heterocycles. The average molecular weight is 294 g/mol. The normalized spacial score (nSPS) is 29.3. The molecule has 21 heavy (non-hydrogen) atoms. The number of benzene rings is 1. The summed E-state index contributed by atoms with van der Waals surface area (Å²) in [6.07, 6.45) is 3.83. The predicted molar refractivity (Wildman–Crippen MR) is 73.3 cm³/mol. The van der Waals surface area contributed by atoms with Crippen LogP contribution in [0.25, 0.3) is 0 Å². The minimum Gasteiger partial charge on any atom is -0.453 e. The van der Waals surface area contributed by atoms with E-state index in [1.807, 2.05) is 0 Å². The molecule has 1 aromatic carbocycles. The molecule has 114 valence electrons. The zero-order valence-electron chi connectivity index (χ0n) is 11.8. The Morgan fingerprint density at radius 1 is 1.24 bits per heavy atom. The molecule has 0 radical (unpaired) electrons. The highest BCUT2D eigenvalue weighted by Crippen LogP contribution is 2.37. The monoisotopic (exact) mass is 294 g/mol. The van der Waals surface area contributed by atoms with Gasteiger partial charge in [0.25, 0.3) is 0 Å². The van der Waals surface area contributed by atoms with Crippen LogP contribution in [0.5, 0.6) is 0 Å². The lowest BCUT2D eigenvalue weighted by atomic mass is 9.94. The van der Waals surface area contributed by atoms with Gasteiger partial charge in [-0.05, 0) is 43.9 Å². The summed E-state index contributed by atoms with van der Waals surface area (Å²) < 4.78 is 30.4. The van der Waals surface area contributed by atoms with Crippen molar-refractivity contribution in [3.8, 4) is 0 Å². The van der Waals surface area contributed by atoms with Crippen LogP contribution in [0.1, 0.15) is 42.5 Å². The minimum atomic E-state index is -0.806. The van der Waals surface area contributed by atoms with Crippen molar-refractivity contribution < 1.29 is 23.4 Å². The molecule has 2 aliphatic rings. The number of esters is 1. The van der Waals surface area contributed by atoms with Gasteiger partial charge in [-0.15, -0.1) is 0 Å². The number of ether oxygens (including phenoxy) is 3. The summed E-state index contributed by atoms with van der Waals surface area (Å²) in [6.45, 7) is 1.24. The highest BCUT2D eigenvalue weighted by atomic mass is 19.1. The third-order valence-electron chi connectivity index (χ3n) is 4.02. The topological polar surface area (TPSA) is 44.8 Å². The van der Waals surface area contributed by atoms with E-state index in [2.05, 4.69) is 0 Å². The first-order chi connectivity index (χ1) is 10.2. The summed E-state index contributed by atoms with van der Waals surface area (Å²) >= 11 is 0. The molecule has 0 amide bonds. The molecule has 5 heteroatoms. The van der Waals surface area contributed by atoms with Gasteiger partial charge in [-0.3, -0.25) is 0 Å². The summed E-state index contributed by atoms with van der Waals surface area (Å²) in [7, 11) is 0. The Morgan fingerprint density at radius 3 is 2.81 bits per heavy atom. The molecule has 2 atom stereocenters. The van der Waals surface area contributed by atoms with Crippen molar-refractivity contribution in [3.05, 3.63) is 35.6 Å². The fourth-order valence-electron chi connectivity index (χ4n) is 2.95. The SMILES string of the molecule is O=C(OC1CCCOC12CCCCO2)c1cccc(F)c1. The molecule has 0 bridgehead atoms. The summed E-state index contributed by atoms with van der Waals surface area (Å²) in [5.74, 6) is -1.79. The third kappa shape index (κ3) is 3.09. The van der Waals surface area contributed by atoms with Crippen molar-refractivity contribution in [2.45, 2.75) is 44.0 Å². The van der Waals surface area contributed by atoms with E-state index < -0.39 is 23.7 Å². The predicted octanol–water partition coefficient (Wildman–Crippen LogP) is 3.06. The maximum atomic E-state index is 13.2. The van der Waals surface area contributed by atoms with Crippen LogP contribution in [0.2, 0.25) is 0 Å². The van der Waals surface area contributed by atoms with Crippen LogP contribution in [0.3, 0.4) is 0 Å². The number of carbonyl (C=O) groups excluding carboxylic acids is 1. The Morgan fingerprint density at radius 2 is 2.05 bits per heavy atom. The molecular formula is C16H19FO4. The van der Waals surface area contributed by atoms with Crippen LogP contribution in [0, 0.1) is 5.82 Å². The highest BCUT2D eigenvalue weighted by molar-refractivity contribution is 5.89. The minimum absolute atomic E-state index is 0.214. The molecule has 1 aromatic rings. The van der Waals surface area contributed by atoms with Gasteiger partial charge < -0.3 is 14.2 Å². The van der Waals surface area contributed by atoms with E-state index in [0.717, 1.165) is 25.7 Å². The summed E-state index contributed by atoms with van der Waals surface area (Å²) in [5, 5.41) is 0. The molecule has 0 N–H and O–H groups in total. The van der Waals surface area contributed by atoms with Gasteiger partial charge in [0.2, 0.25) is 5.79 Å². The van der Waals surface area contributed by atoms with Crippen LogP contribution in [-0.4, -0.2) is 31.1 Å². The number of hydrogen-bond donors (Lipinski definition) is 0. The molecular weight excluding hydrogens is 275 g/mol. The van der Waals surface area contributed by atoms with Gasteiger partial charge in [-0.25, -0.2) is 9.18 Å². The van der Waals surface area contributed by atoms with Crippen molar-refractivity contribution in [2.75, 3.05) is 13.2 Å². The van der Waals surface area contributed by atoms with Gasteiger partial charge in [0.15, 0.2) is 6.10 Å². The Bertz CT molecular complexity index is 502. The molecule has 2 unspecified atom stereocenters. The van der Waals surface area contributed by atoms with Crippen LogP contribution in [0.4, 0.5) is 4.39 Å². The lowest BCUT2D eigenvalue weighted by molar-refractivity contribution is -0.313. The van der Waals surface area contributed by atoms with Gasteiger partial charge in [0, 0.05) is 6.42 Å². The third-order valence-corrected chi connectivity index (χ3v) is 4.02. The first kappa shape index (κ1) is 14.5. The number of rotatable bonds is 2. The summed E-state index contributed by atoms with van der Waals surface area (Å²) in [6, 6.07) is 5.52. The molecule has 0 aliphatic carbocycles. The lowest BCUT2D eigenvalue weighted by Crippen LogP contribution is -2.54. The number of carbonyl (C=O) groups is 1. The largest absolute Gasteiger partial charge is 0.453 e. The zero-order valence-corrected chi connectivity index (χ0v) is 11.8. The van der Waals surface area contributed by atoms with E-state index >= 15 is 0 Å². The molecule has 2 heterocycles. The summed E-state index contributed by atoms with van der Waals surface area (Å²) in [5.41, 5.74) is 0.214. The first-order valence-corrected chi connectivity index (χ1v) is 7.44. The van der Waals surface area contributed by atoms with Crippen LogP contribution < -0.4 is 0 Å². The number of halogens is 1. The van der Waals surface area contributed by atoms with Gasteiger partial charge >= 0.3 is 5.97 Å². The average Bonchev–Trinajstić information content (AvgIpc) is 2.50. The van der Waals surface area contributed by atoms with Gasteiger partial charge in [0.05, 0.1) is 18.8 Å². The fourth-order valence-corrected chi connectivity index (χ4v) is 2.95. The van der Waals surface area contributed by atoms with Crippen LogP contribution in [-0.2, 0) is 14.2 Å². The van der Waals surface area contributed by atoms with E-state index in [1.165, 1.54) is 18.2 Å². The second-order valence-corrected chi connectivity index (χ2v) is 5.51. The Kier molecular flexibility index (Phi) is 4.22. The van der Waals surface area contributed by atoms with Crippen molar-refractivity contribution >= 4 is 5.97 Å². The molecule has 1 spiro atoms. The highest BCUT2D eigenvalue weighted by Gasteiger charge is 2.47. The second kappa shape index (κ2) is 6.12. The fraction of sp³-hybridized carbons (Fsp3) is 0.562. The van der Waals surface area contributed by atoms with Crippen molar-refractivity contribution in [1.29, 1.82) is 0 Å². The molecule has 0 saturated carbocycles. The maximum absolute atomic E-state index is 13.2. The number of hydrogen-bond acceptors (Lipinski definition) is 4. The Balaban J connectivity index is 1.74. The van der Waals surface area contributed by atoms with Crippen LogP contribution in [0.15, 0.2) is 24.3 Å². The Hall–Kier alpha value is -1.46. The van der Waals surface area contributed by atoms with Crippen molar-refractivity contribution in [3.63, 3.8) is 0 Å². The smallest absolute Gasteiger partial charge is 0.338 e. The quantitative estimate of drug-likeness (QED) is 0.786. The standard InChI is InChI=1S/C16H19FO4/c17-13-6-3-5-12(11-13)15(18)21-14-7-4-10-20-16(14)8-1-2-9-19-16/h3,5-6,11,14H,1-2,4,7-10H2. The lowest BCUT2D eigenvalue weighted by Gasteiger charge is -2.44.